The fourth-order valence-electron chi connectivity index (χ4n) is 2.60. The van der Waals surface area contributed by atoms with Crippen molar-refractivity contribution in [3.05, 3.63) is 30.0 Å². The van der Waals surface area contributed by atoms with Gasteiger partial charge in [-0.3, -0.25) is 0 Å². The minimum atomic E-state index is -0.555. The topological polar surface area (TPSA) is 40.5 Å². The molecule has 0 aliphatic heterocycles. The highest BCUT2D eigenvalue weighted by molar-refractivity contribution is 5.88. The molecule has 0 fully saturated rings. The van der Waals surface area contributed by atoms with Crippen LogP contribution in [0.5, 0.6) is 5.75 Å². The van der Waals surface area contributed by atoms with Crippen molar-refractivity contribution in [1.82, 2.24) is 4.57 Å². The van der Waals surface area contributed by atoms with Gasteiger partial charge in [0.1, 0.15) is 5.75 Å². The lowest BCUT2D eigenvalue weighted by Gasteiger charge is -2.16. The van der Waals surface area contributed by atoms with E-state index < -0.39 is 6.10 Å². The van der Waals surface area contributed by atoms with Crippen molar-refractivity contribution in [3.8, 4) is 5.75 Å². The van der Waals surface area contributed by atoms with Crippen LogP contribution in [-0.2, 0) is 16.1 Å². The standard InChI is InChI=1S/C17H23NO3/c1-5-15(17(19)20-7-3)21-16-10-8-9-14-13(16)11-12(4)18(14)6-2/h8-11,15H,5-7H2,1-4H3. The number of aromatic nitrogens is 1. The van der Waals surface area contributed by atoms with Crippen molar-refractivity contribution >= 4 is 16.9 Å². The molecule has 1 aromatic carbocycles. The molecule has 21 heavy (non-hydrogen) atoms. The lowest BCUT2D eigenvalue weighted by Crippen LogP contribution is -2.28. The molecule has 0 N–H and O–H groups in total. The number of carbonyl (C=O) groups excluding carboxylic acids is 1. The van der Waals surface area contributed by atoms with Gasteiger partial charge in [0.2, 0.25) is 0 Å². The smallest absolute Gasteiger partial charge is 0.347 e. The Hall–Kier alpha value is -1.97. The number of benzene rings is 1. The summed E-state index contributed by atoms with van der Waals surface area (Å²) in [4.78, 5) is 11.9. The Morgan fingerprint density at radius 2 is 2.05 bits per heavy atom. The minimum absolute atomic E-state index is 0.302. The van der Waals surface area contributed by atoms with Crippen molar-refractivity contribution < 1.29 is 14.3 Å². The van der Waals surface area contributed by atoms with Crippen LogP contribution in [0, 0.1) is 6.92 Å². The summed E-state index contributed by atoms with van der Waals surface area (Å²) in [6, 6.07) is 8.04. The highest BCUT2D eigenvalue weighted by Crippen LogP contribution is 2.30. The molecule has 1 aromatic heterocycles. The van der Waals surface area contributed by atoms with Gasteiger partial charge in [0.15, 0.2) is 6.10 Å². The largest absolute Gasteiger partial charge is 0.478 e. The molecule has 4 heteroatoms. The average molecular weight is 289 g/mol. The normalized spacial score (nSPS) is 12.4. The van der Waals surface area contributed by atoms with Gasteiger partial charge >= 0.3 is 5.97 Å². The van der Waals surface area contributed by atoms with Crippen LogP contribution in [0.4, 0.5) is 0 Å². The Labute approximate surface area is 125 Å². The second-order valence-corrected chi connectivity index (χ2v) is 4.99. The number of hydrogen-bond acceptors (Lipinski definition) is 3. The first-order chi connectivity index (χ1) is 10.1. The predicted molar refractivity (Wildman–Crippen MR) is 83.7 cm³/mol. The molecule has 114 valence electrons. The fraction of sp³-hybridized carbons (Fsp3) is 0.471. The van der Waals surface area contributed by atoms with Gasteiger partial charge in [-0.1, -0.05) is 13.0 Å². The second kappa shape index (κ2) is 6.66. The number of hydrogen-bond donors (Lipinski definition) is 0. The molecule has 1 unspecified atom stereocenters. The zero-order chi connectivity index (χ0) is 15.4. The zero-order valence-corrected chi connectivity index (χ0v) is 13.2. The number of carbonyl (C=O) groups is 1. The highest BCUT2D eigenvalue weighted by Gasteiger charge is 2.21. The SMILES string of the molecule is CCOC(=O)C(CC)Oc1cccc2c1cc(C)n2CC. The molecule has 0 aliphatic carbocycles. The summed E-state index contributed by atoms with van der Waals surface area (Å²) in [5.41, 5.74) is 2.32. The van der Waals surface area contributed by atoms with E-state index in [9.17, 15) is 4.79 Å². The average Bonchev–Trinajstić information content (AvgIpc) is 2.80. The number of nitrogens with zero attached hydrogens (tertiary/aromatic N) is 1. The van der Waals surface area contributed by atoms with Crippen LogP contribution in [0.3, 0.4) is 0 Å². The van der Waals surface area contributed by atoms with Gasteiger partial charge < -0.3 is 14.0 Å². The van der Waals surface area contributed by atoms with Crippen molar-refractivity contribution in [3.63, 3.8) is 0 Å². The van der Waals surface area contributed by atoms with Gasteiger partial charge in [-0.05, 0) is 45.4 Å². The molecule has 0 saturated heterocycles. The molecule has 0 spiro atoms. The summed E-state index contributed by atoms with van der Waals surface area (Å²) in [6.07, 6.45) is 0.0312. The van der Waals surface area contributed by atoms with E-state index in [4.69, 9.17) is 9.47 Å². The van der Waals surface area contributed by atoms with Crippen LogP contribution >= 0.6 is 0 Å². The van der Waals surface area contributed by atoms with E-state index in [2.05, 4.69) is 30.5 Å². The van der Waals surface area contributed by atoms with Gasteiger partial charge in [-0.2, -0.15) is 0 Å². The molecular formula is C17H23NO3. The van der Waals surface area contributed by atoms with E-state index in [0.717, 1.165) is 23.2 Å². The summed E-state index contributed by atoms with van der Waals surface area (Å²) in [6.45, 7) is 9.20. The number of ether oxygens (including phenoxy) is 2. The summed E-state index contributed by atoms with van der Waals surface area (Å²) in [7, 11) is 0. The maximum atomic E-state index is 11.9. The van der Waals surface area contributed by atoms with Crippen LogP contribution in [0.1, 0.15) is 32.9 Å². The maximum absolute atomic E-state index is 11.9. The van der Waals surface area contributed by atoms with Crippen LogP contribution < -0.4 is 4.74 Å². The summed E-state index contributed by atoms with van der Waals surface area (Å²) in [5, 5.41) is 1.04. The van der Waals surface area contributed by atoms with Gasteiger partial charge in [0.25, 0.3) is 0 Å². The van der Waals surface area contributed by atoms with Gasteiger partial charge in [-0.15, -0.1) is 0 Å². The number of esters is 1. The Morgan fingerprint density at radius 3 is 2.67 bits per heavy atom. The van der Waals surface area contributed by atoms with Crippen LogP contribution in [0.15, 0.2) is 24.3 Å². The lowest BCUT2D eigenvalue weighted by molar-refractivity contribution is -0.151. The molecule has 0 radical (unpaired) electrons. The fourth-order valence-corrected chi connectivity index (χ4v) is 2.60. The summed E-state index contributed by atoms with van der Waals surface area (Å²) in [5.74, 6) is 0.436. The molecule has 2 aromatic rings. The monoisotopic (exact) mass is 289 g/mol. The molecule has 0 amide bonds. The predicted octanol–water partition coefficient (Wildman–Crippen LogP) is 3.69. The lowest BCUT2D eigenvalue weighted by atomic mass is 10.2. The van der Waals surface area contributed by atoms with Crippen LogP contribution in [0.2, 0.25) is 0 Å². The van der Waals surface area contributed by atoms with Crippen molar-refractivity contribution in [1.29, 1.82) is 0 Å². The molecule has 1 atom stereocenters. The number of rotatable bonds is 6. The third kappa shape index (κ3) is 3.04. The minimum Gasteiger partial charge on any atom is -0.478 e. The van der Waals surface area contributed by atoms with E-state index in [1.54, 1.807) is 6.92 Å². The van der Waals surface area contributed by atoms with Crippen LogP contribution in [0.25, 0.3) is 10.9 Å². The van der Waals surface area contributed by atoms with E-state index in [-0.39, 0.29) is 5.97 Å². The first-order valence-corrected chi connectivity index (χ1v) is 7.54. The third-order valence-electron chi connectivity index (χ3n) is 3.62. The first-order valence-electron chi connectivity index (χ1n) is 7.54. The van der Waals surface area contributed by atoms with Crippen LogP contribution in [-0.4, -0.2) is 23.2 Å². The van der Waals surface area contributed by atoms with E-state index in [1.807, 2.05) is 19.1 Å². The first kappa shape index (κ1) is 15.4. The molecule has 2 rings (SSSR count). The summed E-state index contributed by atoms with van der Waals surface area (Å²) >= 11 is 0. The Morgan fingerprint density at radius 1 is 1.29 bits per heavy atom. The molecule has 0 bridgehead atoms. The van der Waals surface area contributed by atoms with Crippen molar-refractivity contribution in [2.24, 2.45) is 0 Å². The molecule has 1 heterocycles. The number of aryl methyl sites for hydroxylation is 2. The van der Waals surface area contributed by atoms with E-state index >= 15 is 0 Å². The third-order valence-corrected chi connectivity index (χ3v) is 3.62. The molecule has 0 aliphatic rings. The second-order valence-electron chi connectivity index (χ2n) is 4.99. The summed E-state index contributed by atoms with van der Waals surface area (Å²) < 4.78 is 13.2. The van der Waals surface area contributed by atoms with Gasteiger partial charge in [0, 0.05) is 17.6 Å². The Bertz CT molecular complexity index is 630. The quantitative estimate of drug-likeness (QED) is 0.761. The van der Waals surface area contributed by atoms with E-state index in [0.29, 0.717) is 13.0 Å². The molecular weight excluding hydrogens is 266 g/mol. The highest BCUT2D eigenvalue weighted by atomic mass is 16.6. The molecule has 4 nitrogen and oxygen atoms in total. The van der Waals surface area contributed by atoms with Crippen molar-refractivity contribution in [2.75, 3.05) is 6.61 Å². The van der Waals surface area contributed by atoms with Crippen molar-refractivity contribution in [2.45, 2.75) is 46.8 Å². The Kier molecular flexibility index (Phi) is 4.89. The zero-order valence-electron chi connectivity index (χ0n) is 13.2. The molecule has 0 saturated carbocycles. The van der Waals surface area contributed by atoms with Gasteiger partial charge in [-0.25, -0.2) is 4.79 Å². The maximum Gasteiger partial charge on any atom is 0.347 e. The van der Waals surface area contributed by atoms with E-state index in [1.165, 1.54) is 5.69 Å². The number of fused-ring (bicyclic) bond motifs is 1. The van der Waals surface area contributed by atoms with Gasteiger partial charge in [0.05, 0.1) is 12.1 Å². The Balaban J connectivity index is 2.36.